The second kappa shape index (κ2) is 7.29. The van der Waals surface area contributed by atoms with Crippen LogP contribution >= 0.6 is 0 Å². The van der Waals surface area contributed by atoms with E-state index in [9.17, 15) is 4.79 Å². The van der Waals surface area contributed by atoms with E-state index in [2.05, 4.69) is 0 Å². The number of carbonyl (C=O) groups is 1. The molecule has 1 unspecified atom stereocenters. The van der Waals surface area contributed by atoms with E-state index in [1.54, 1.807) is 7.11 Å². The quantitative estimate of drug-likeness (QED) is 0.757. The van der Waals surface area contributed by atoms with Crippen LogP contribution in [0.15, 0.2) is 24.3 Å². The Hall–Kier alpha value is -1.35. The van der Waals surface area contributed by atoms with Crippen molar-refractivity contribution in [2.75, 3.05) is 13.7 Å². The van der Waals surface area contributed by atoms with Crippen molar-refractivity contribution < 1.29 is 14.3 Å². The average Bonchev–Trinajstić information content (AvgIpc) is 2.92. The molecule has 1 aromatic rings. The zero-order valence-corrected chi connectivity index (χ0v) is 11.6. The Morgan fingerprint density at radius 3 is 3.00 bits per heavy atom. The highest BCUT2D eigenvalue weighted by Gasteiger charge is 2.15. The number of Topliss-reactive ketones (excluding diaryl/α,β-unsaturated/α-hetero) is 1. The molecule has 0 radical (unpaired) electrons. The minimum absolute atomic E-state index is 0.280. The van der Waals surface area contributed by atoms with Crippen molar-refractivity contribution in [1.29, 1.82) is 0 Å². The average molecular weight is 262 g/mol. The van der Waals surface area contributed by atoms with Crippen LogP contribution < -0.4 is 4.74 Å². The molecular formula is C16H22O3. The van der Waals surface area contributed by atoms with Crippen molar-refractivity contribution in [2.24, 2.45) is 0 Å². The lowest BCUT2D eigenvalue weighted by molar-refractivity contribution is -0.118. The Morgan fingerprint density at radius 2 is 2.26 bits per heavy atom. The molecule has 3 heteroatoms. The number of ketones is 1. The number of rotatable bonds is 7. The molecule has 1 aliphatic heterocycles. The number of hydrogen-bond acceptors (Lipinski definition) is 3. The molecule has 1 aromatic carbocycles. The van der Waals surface area contributed by atoms with Gasteiger partial charge in [0.25, 0.3) is 0 Å². The Balaban J connectivity index is 1.74. The summed E-state index contributed by atoms with van der Waals surface area (Å²) in [5.41, 5.74) is 0.979. The van der Waals surface area contributed by atoms with Gasteiger partial charge in [-0.3, -0.25) is 4.79 Å². The molecule has 104 valence electrons. The number of benzene rings is 1. The summed E-state index contributed by atoms with van der Waals surface area (Å²) >= 11 is 0. The summed E-state index contributed by atoms with van der Waals surface area (Å²) in [6.07, 6.45) is 5.75. The van der Waals surface area contributed by atoms with Gasteiger partial charge in [-0.05, 0) is 31.7 Å². The highest BCUT2D eigenvalue weighted by molar-refractivity contribution is 5.81. The third-order valence-electron chi connectivity index (χ3n) is 3.59. The van der Waals surface area contributed by atoms with Crippen LogP contribution in [0, 0.1) is 0 Å². The van der Waals surface area contributed by atoms with Gasteiger partial charge in [-0.15, -0.1) is 0 Å². The van der Waals surface area contributed by atoms with E-state index in [1.165, 1.54) is 6.42 Å². The minimum atomic E-state index is 0.280. The summed E-state index contributed by atoms with van der Waals surface area (Å²) in [7, 11) is 1.64. The maximum atomic E-state index is 12.0. The Morgan fingerprint density at radius 1 is 1.42 bits per heavy atom. The number of hydrogen-bond donors (Lipinski definition) is 0. The van der Waals surface area contributed by atoms with E-state index in [-0.39, 0.29) is 5.78 Å². The lowest BCUT2D eigenvalue weighted by Crippen LogP contribution is -2.08. The molecule has 1 heterocycles. The number of para-hydroxylation sites is 1. The lowest BCUT2D eigenvalue weighted by atomic mass is 10.0. The van der Waals surface area contributed by atoms with Gasteiger partial charge in [0.05, 0.1) is 13.2 Å². The SMILES string of the molecule is COc1ccccc1CC(=O)CCCC1CCCO1. The third kappa shape index (κ3) is 4.35. The maximum absolute atomic E-state index is 12.0. The second-order valence-electron chi connectivity index (χ2n) is 5.05. The van der Waals surface area contributed by atoms with Crippen LogP contribution in [0.3, 0.4) is 0 Å². The van der Waals surface area contributed by atoms with Crippen LogP contribution in [-0.2, 0) is 16.0 Å². The fourth-order valence-electron chi connectivity index (χ4n) is 2.55. The number of ether oxygens (including phenoxy) is 2. The lowest BCUT2D eigenvalue weighted by Gasteiger charge is -2.09. The topological polar surface area (TPSA) is 35.5 Å². The largest absolute Gasteiger partial charge is 0.496 e. The van der Waals surface area contributed by atoms with Crippen LogP contribution in [0.4, 0.5) is 0 Å². The Labute approximate surface area is 114 Å². The van der Waals surface area contributed by atoms with Gasteiger partial charge in [-0.2, -0.15) is 0 Å². The molecule has 0 spiro atoms. The van der Waals surface area contributed by atoms with E-state index in [0.717, 1.165) is 37.2 Å². The standard InChI is InChI=1S/C16H22O3/c1-18-16-10-3-2-6-13(16)12-14(17)7-4-8-15-9-5-11-19-15/h2-3,6,10,15H,4-5,7-9,11-12H2,1H3. The van der Waals surface area contributed by atoms with Crippen molar-refractivity contribution in [3.05, 3.63) is 29.8 Å². The summed E-state index contributed by atoms with van der Waals surface area (Å²) in [6.45, 7) is 0.889. The van der Waals surface area contributed by atoms with Gasteiger partial charge in [-0.1, -0.05) is 18.2 Å². The fourth-order valence-corrected chi connectivity index (χ4v) is 2.55. The highest BCUT2D eigenvalue weighted by atomic mass is 16.5. The summed E-state index contributed by atoms with van der Waals surface area (Å²) in [5.74, 6) is 1.08. The molecule has 2 rings (SSSR count). The molecule has 1 aliphatic rings. The number of carbonyl (C=O) groups excluding carboxylic acids is 1. The molecule has 0 saturated carbocycles. The second-order valence-corrected chi connectivity index (χ2v) is 5.05. The molecular weight excluding hydrogens is 240 g/mol. The summed E-state index contributed by atoms with van der Waals surface area (Å²) in [6, 6.07) is 7.72. The van der Waals surface area contributed by atoms with E-state index in [4.69, 9.17) is 9.47 Å². The summed E-state index contributed by atoms with van der Waals surface area (Å²) in [5, 5.41) is 0. The first-order chi connectivity index (χ1) is 9.29. The molecule has 1 saturated heterocycles. The first-order valence-corrected chi connectivity index (χ1v) is 7.05. The van der Waals surface area contributed by atoms with Gasteiger partial charge in [0.15, 0.2) is 0 Å². The highest BCUT2D eigenvalue weighted by Crippen LogP contribution is 2.20. The van der Waals surface area contributed by atoms with Gasteiger partial charge in [0.1, 0.15) is 11.5 Å². The van der Waals surface area contributed by atoms with Crippen LogP contribution in [0.25, 0.3) is 0 Å². The van der Waals surface area contributed by atoms with Crippen LogP contribution in [0.1, 0.15) is 37.7 Å². The zero-order chi connectivity index (χ0) is 13.5. The van der Waals surface area contributed by atoms with Crippen LogP contribution in [-0.4, -0.2) is 25.6 Å². The first kappa shape index (κ1) is 14.1. The Kier molecular flexibility index (Phi) is 5.40. The smallest absolute Gasteiger partial charge is 0.137 e. The fraction of sp³-hybridized carbons (Fsp3) is 0.562. The molecule has 3 nitrogen and oxygen atoms in total. The molecule has 0 bridgehead atoms. The zero-order valence-electron chi connectivity index (χ0n) is 11.6. The van der Waals surface area contributed by atoms with Crippen molar-refractivity contribution >= 4 is 5.78 Å². The molecule has 0 aromatic heterocycles. The van der Waals surface area contributed by atoms with Gasteiger partial charge < -0.3 is 9.47 Å². The normalized spacial score (nSPS) is 18.5. The molecule has 19 heavy (non-hydrogen) atoms. The van der Waals surface area contributed by atoms with Crippen LogP contribution in [0.2, 0.25) is 0 Å². The molecule has 1 atom stereocenters. The maximum Gasteiger partial charge on any atom is 0.137 e. The Bertz CT molecular complexity index is 408. The predicted molar refractivity (Wildman–Crippen MR) is 74.5 cm³/mol. The van der Waals surface area contributed by atoms with Gasteiger partial charge >= 0.3 is 0 Å². The van der Waals surface area contributed by atoms with Crippen molar-refractivity contribution in [1.82, 2.24) is 0 Å². The molecule has 0 amide bonds. The number of methoxy groups -OCH3 is 1. The van der Waals surface area contributed by atoms with Gasteiger partial charge in [0.2, 0.25) is 0 Å². The van der Waals surface area contributed by atoms with Crippen LogP contribution in [0.5, 0.6) is 5.75 Å². The van der Waals surface area contributed by atoms with E-state index in [1.807, 2.05) is 24.3 Å². The molecule has 0 N–H and O–H groups in total. The third-order valence-corrected chi connectivity index (χ3v) is 3.59. The van der Waals surface area contributed by atoms with Crippen molar-refractivity contribution in [3.8, 4) is 5.75 Å². The van der Waals surface area contributed by atoms with Crippen molar-refractivity contribution in [3.63, 3.8) is 0 Å². The molecule has 1 fully saturated rings. The minimum Gasteiger partial charge on any atom is -0.496 e. The monoisotopic (exact) mass is 262 g/mol. The van der Waals surface area contributed by atoms with E-state index < -0.39 is 0 Å². The van der Waals surface area contributed by atoms with E-state index in [0.29, 0.717) is 18.9 Å². The summed E-state index contributed by atoms with van der Waals surface area (Å²) in [4.78, 5) is 12.0. The summed E-state index contributed by atoms with van der Waals surface area (Å²) < 4.78 is 10.8. The van der Waals surface area contributed by atoms with E-state index >= 15 is 0 Å². The van der Waals surface area contributed by atoms with Crippen molar-refractivity contribution in [2.45, 2.75) is 44.6 Å². The first-order valence-electron chi connectivity index (χ1n) is 7.05. The van der Waals surface area contributed by atoms with Gasteiger partial charge in [0, 0.05) is 25.0 Å². The van der Waals surface area contributed by atoms with Gasteiger partial charge in [-0.25, -0.2) is 0 Å². The molecule has 0 aliphatic carbocycles. The predicted octanol–water partition coefficient (Wildman–Crippen LogP) is 3.16.